The quantitative estimate of drug-likeness (QED) is 0.671. The zero-order valence-corrected chi connectivity index (χ0v) is 11.9. The monoisotopic (exact) mass is 255 g/mol. The fourth-order valence-electron chi connectivity index (χ4n) is 1.56. The lowest BCUT2D eigenvalue weighted by atomic mass is 9.90. The topological polar surface area (TPSA) is 76.4 Å². The Labute approximate surface area is 110 Å². The van der Waals surface area contributed by atoms with Crippen molar-refractivity contribution in [2.75, 3.05) is 26.2 Å². The van der Waals surface area contributed by atoms with Crippen LogP contribution in [0.2, 0.25) is 0 Å². The summed E-state index contributed by atoms with van der Waals surface area (Å²) >= 11 is 0. The van der Waals surface area contributed by atoms with E-state index in [2.05, 4.69) is 11.4 Å². The minimum Gasteiger partial charge on any atom is -0.395 e. The highest BCUT2D eigenvalue weighted by atomic mass is 16.3. The van der Waals surface area contributed by atoms with Gasteiger partial charge in [-0.25, -0.2) is 0 Å². The average Bonchev–Trinajstić information content (AvgIpc) is 2.29. The molecule has 18 heavy (non-hydrogen) atoms. The van der Waals surface area contributed by atoms with Gasteiger partial charge in [-0.15, -0.1) is 0 Å². The summed E-state index contributed by atoms with van der Waals surface area (Å²) < 4.78 is 0. The van der Waals surface area contributed by atoms with Crippen LogP contribution in [0.1, 0.15) is 34.1 Å². The molecule has 0 aliphatic heterocycles. The number of carbonyl (C=O) groups is 1. The van der Waals surface area contributed by atoms with E-state index < -0.39 is 5.54 Å². The van der Waals surface area contributed by atoms with Gasteiger partial charge in [-0.3, -0.25) is 9.69 Å². The third-order valence-electron chi connectivity index (χ3n) is 3.11. The predicted molar refractivity (Wildman–Crippen MR) is 70.8 cm³/mol. The van der Waals surface area contributed by atoms with Crippen molar-refractivity contribution in [3.63, 3.8) is 0 Å². The number of aliphatic hydroxyl groups excluding tert-OH is 1. The summed E-state index contributed by atoms with van der Waals surface area (Å²) in [5.74, 6) is -0.126. The maximum Gasteiger partial charge on any atom is 0.235 e. The summed E-state index contributed by atoms with van der Waals surface area (Å²) in [6.07, 6.45) is 0.924. The molecule has 0 aliphatic carbocycles. The summed E-state index contributed by atoms with van der Waals surface area (Å²) in [6, 6.07) is 2.15. The lowest BCUT2D eigenvalue weighted by Crippen LogP contribution is -2.52. The highest BCUT2D eigenvalue weighted by Crippen LogP contribution is 2.14. The molecule has 0 saturated carbocycles. The Balaban J connectivity index is 4.44. The van der Waals surface area contributed by atoms with Gasteiger partial charge in [0.25, 0.3) is 0 Å². The minimum atomic E-state index is -0.839. The predicted octanol–water partition coefficient (Wildman–Crippen LogP) is 0.745. The molecule has 0 aromatic carbocycles. The molecule has 1 amide bonds. The van der Waals surface area contributed by atoms with E-state index in [1.807, 2.05) is 25.7 Å². The van der Waals surface area contributed by atoms with Gasteiger partial charge in [-0.05, 0) is 25.8 Å². The SMILES string of the molecule is CCCN(CCO)CC(=O)NC(C)(C#N)C(C)C. The summed E-state index contributed by atoms with van der Waals surface area (Å²) in [7, 11) is 0. The van der Waals surface area contributed by atoms with Crippen LogP contribution < -0.4 is 5.32 Å². The molecule has 0 bridgehead atoms. The first-order valence-electron chi connectivity index (χ1n) is 6.45. The van der Waals surface area contributed by atoms with Crippen molar-refractivity contribution in [3.8, 4) is 6.07 Å². The van der Waals surface area contributed by atoms with Gasteiger partial charge in [-0.2, -0.15) is 5.26 Å². The van der Waals surface area contributed by atoms with Crippen LogP contribution in [-0.4, -0.2) is 47.7 Å². The van der Waals surface area contributed by atoms with Crippen LogP contribution in [0.25, 0.3) is 0 Å². The van der Waals surface area contributed by atoms with Crippen molar-refractivity contribution < 1.29 is 9.90 Å². The van der Waals surface area contributed by atoms with Gasteiger partial charge in [0, 0.05) is 6.54 Å². The van der Waals surface area contributed by atoms with Gasteiger partial charge < -0.3 is 10.4 Å². The number of hydrogen-bond donors (Lipinski definition) is 2. The smallest absolute Gasteiger partial charge is 0.235 e. The van der Waals surface area contributed by atoms with E-state index in [1.165, 1.54) is 0 Å². The molecule has 1 atom stereocenters. The normalized spacial score (nSPS) is 14.3. The van der Waals surface area contributed by atoms with E-state index in [1.54, 1.807) is 6.92 Å². The molecular formula is C13H25N3O2. The third kappa shape index (κ3) is 5.48. The van der Waals surface area contributed by atoms with Crippen molar-refractivity contribution in [3.05, 3.63) is 0 Å². The molecule has 0 aromatic rings. The Morgan fingerprint density at radius 3 is 2.50 bits per heavy atom. The number of nitrogens with one attached hydrogen (secondary N) is 1. The third-order valence-corrected chi connectivity index (χ3v) is 3.11. The number of rotatable bonds is 8. The van der Waals surface area contributed by atoms with E-state index >= 15 is 0 Å². The average molecular weight is 255 g/mol. The van der Waals surface area contributed by atoms with Gasteiger partial charge in [0.05, 0.1) is 19.2 Å². The van der Waals surface area contributed by atoms with Crippen LogP contribution in [0, 0.1) is 17.2 Å². The largest absolute Gasteiger partial charge is 0.395 e. The molecule has 1 unspecified atom stereocenters. The Morgan fingerprint density at radius 1 is 1.50 bits per heavy atom. The van der Waals surface area contributed by atoms with Crippen molar-refractivity contribution in [1.29, 1.82) is 5.26 Å². The Hall–Kier alpha value is -1.12. The summed E-state index contributed by atoms with van der Waals surface area (Å²) in [5, 5.41) is 20.8. The van der Waals surface area contributed by atoms with E-state index in [0.29, 0.717) is 6.54 Å². The molecule has 2 N–H and O–H groups in total. The van der Waals surface area contributed by atoms with Crippen molar-refractivity contribution in [2.45, 2.75) is 39.7 Å². The molecule has 0 saturated heterocycles. The fourth-order valence-corrected chi connectivity index (χ4v) is 1.56. The van der Waals surface area contributed by atoms with Gasteiger partial charge in [0.2, 0.25) is 5.91 Å². The van der Waals surface area contributed by atoms with Crippen LogP contribution >= 0.6 is 0 Å². The van der Waals surface area contributed by atoms with E-state index in [4.69, 9.17) is 10.4 Å². The highest BCUT2D eigenvalue weighted by Gasteiger charge is 2.30. The molecule has 0 aliphatic rings. The Bertz CT molecular complexity index is 293. The molecule has 0 rings (SSSR count). The number of nitriles is 1. The molecule has 0 fully saturated rings. The van der Waals surface area contributed by atoms with Gasteiger partial charge in [0.1, 0.15) is 5.54 Å². The lowest BCUT2D eigenvalue weighted by molar-refractivity contribution is -0.124. The van der Waals surface area contributed by atoms with Crippen LogP contribution in [-0.2, 0) is 4.79 Å². The van der Waals surface area contributed by atoms with Crippen LogP contribution in [0.5, 0.6) is 0 Å². The van der Waals surface area contributed by atoms with Crippen molar-refractivity contribution >= 4 is 5.91 Å². The minimum absolute atomic E-state index is 0.0347. The molecule has 5 nitrogen and oxygen atoms in total. The first kappa shape index (κ1) is 16.9. The number of amides is 1. The van der Waals surface area contributed by atoms with E-state index in [-0.39, 0.29) is 25.0 Å². The Kier molecular flexibility index (Phi) is 7.56. The molecule has 0 heterocycles. The molecule has 0 spiro atoms. The van der Waals surface area contributed by atoms with Gasteiger partial charge >= 0.3 is 0 Å². The number of aliphatic hydroxyl groups is 1. The van der Waals surface area contributed by atoms with Gasteiger partial charge in [-0.1, -0.05) is 20.8 Å². The van der Waals surface area contributed by atoms with Crippen LogP contribution in [0.4, 0.5) is 0 Å². The first-order valence-corrected chi connectivity index (χ1v) is 6.45. The second kappa shape index (κ2) is 8.06. The molecule has 0 aromatic heterocycles. The molecular weight excluding hydrogens is 230 g/mol. The number of hydrogen-bond acceptors (Lipinski definition) is 4. The fraction of sp³-hybridized carbons (Fsp3) is 0.846. The van der Waals surface area contributed by atoms with Gasteiger partial charge in [0.15, 0.2) is 0 Å². The second-order valence-corrected chi connectivity index (χ2v) is 5.02. The zero-order chi connectivity index (χ0) is 14.2. The zero-order valence-electron chi connectivity index (χ0n) is 11.9. The maximum atomic E-state index is 11.9. The molecule has 5 heteroatoms. The van der Waals surface area contributed by atoms with Crippen molar-refractivity contribution in [2.24, 2.45) is 5.92 Å². The second-order valence-electron chi connectivity index (χ2n) is 5.02. The number of nitrogens with zero attached hydrogens (tertiary/aromatic N) is 2. The summed E-state index contributed by atoms with van der Waals surface area (Å²) in [6.45, 7) is 9.06. The standard InChI is InChI=1S/C13H25N3O2/c1-5-6-16(7-8-17)9-12(18)15-13(4,10-14)11(2)3/h11,17H,5-9H2,1-4H3,(H,15,18). The summed E-state index contributed by atoms with van der Waals surface area (Å²) in [4.78, 5) is 13.8. The van der Waals surface area contributed by atoms with E-state index in [0.717, 1.165) is 13.0 Å². The number of carbonyl (C=O) groups excluding carboxylic acids is 1. The van der Waals surface area contributed by atoms with Crippen LogP contribution in [0.15, 0.2) is 0 Å². The highest BCUT2D eigenvalue weighted by molar-refractivity contribution is 5.79. The maximum absolute atomic E-state index is 11.9. The van der Waals surface area contributed by atoms with E-state index in [9.17, 15) is 4.79 Å². The lowest BCUT2D eigenvalue weighted by Gasteiger charge is -2.29. The van der Waals surface area contributed by atoms with Crippen LogP contribution in [0.3, 0.4) is 0 Å². The van der Waals surface area contributed by atoms with Crippen molar-refractivity contribution in [1.82, 2.24) is 10.2 Å². The molecule has 104 valence electrons. The Morgan fingerprint density at radius 2 is 2.11 bits per heavy atom. The first-order chi connectivity index (χ1) is 8.39. The summed E-state index contributed by atoms with van der Waals surface area (Å²) in [5.41, 5.74) is -0.839. The molecule has 0 radical (unpaired) electrons.